The van der Waals surface area contributed by atoms with Gasteiger partial charge in [-0.1, -0.05) is 0 Å². The summed E-state index contributed by atoms with van der Waals surface area (Å²) < 4.78 is 26.8. The molecule has 3 aliphatic rings. The summed E-state index contributed by atoms with van der Waals surface area (Å²) in [5.74, 6) is 2.50. The van der Waals surface area contributed by atoms with Crippen molar-refractivity contribution in [1.82, 2.24) is 20.2 Å². The van der Waals surface area contributed by atoms with Gasteiger partial charge in [-0.25, -0.2) is 9.37 Å². The number of nitrogens with zero attached hydrogens (tertiary/aromatic N) is 3. The smallest absolute Gasteiger partial charge is 0.235 e. The van der Waals surface area contributed by atoms with E-state index >= 15 is 4.39 Å². The first-order valence-corrected chi connectivity index (χ1v) is 13.3. The number of alkyl halides is 1. The minimum Gasteiger partial charge on any atom is -0.486 e. The van der Waals surface area contributed by atoms with Gasteiger partial charge in [0, 0.05) is 37.3 Å². The van der Waals surface area contributed by atoms with Gasteiger partial charge in [0.25, 0.3) is 0 Å². The molecule has 1 amide bonds. The zero-order valence-corrected chi connectivity index (χ0v) is 20.7. The van der Waals surface area contributed by atoms with Gasteiger partial charge in [0.1, 0.15) is 25.2 Å². The summed E-state index contributed by atoms with van der Waals surface area (Å²) in [4.78, 5) is 23.8. The van der Waals surface area contributed by atoms with Crippen LogP contribution in [-0.4, -0.2) is 71.6 Å². The molecule has 2 N–H and O–H groups in total. The van der Waals surface area contributed by atoms with E-state index in [1.807, 2.05) is 36.5 Å². The Hall–Kier alpha value is -2.95. The predicted molar refractivity (Wildman–Crippen MR) is 137 cm³/mol. The molecule has 8 nitrogen and oxygen atoms in total. The minimum atomic E-state index is -0.967. The average Bonchev–Trinajstić information content (AvgIpc) is 2.91. The number of benzene rings is 1. The number of ether oxygens (including phenoxy) is 2. The number of aromatic nitrogens is 2. The third-order valence-electron chi connectivity index (χ3n) is 6.90. The van der Waals surface area contributed by atoms with E-state index in [9.17, 15) is 4.79 Å². The standard InChI is InChI=1S/C26H28FN5O3S/c27-18-14-32(9-6-16-5-8-28-20-2-3-21-25(24(16)20)35-12-11-34-21)10-7-19(18)29-13-17-1-4-22-26(30-17)31-23(33)15-36-22/h1-5,8,18-19,29H,6-7,9-15H2,(H,30,31,33)/t18-,19+/m1/s1. The van der Waals surface area contributed by atoms with Crippen LogP contribution in [0.2, 0.25) is 0 Å². The van der Waals surface area contributed by atoms with Crippen molar-refractivity contribution in [2.24, 2.45) is 0 Å². The van der Waals surface area contributed by atoms with Gasteiger partial charge in [-0.3, -0.25) is 14.7 Å². The van der Waals surface area contributed by atoms with Crippen molar-refractivity contribution >= 4 is 34.4 Å². The highest BCUT2D eigenvalue weighted by molar-refractivity contribution is 8.00. The number of nitrogens with one attached hydrogen (secondary N) is 2. The van der Waals surface area contributed by atoms with Crippen LogP contribution in [0.5, 0.6) is 11.5 Å². The Morgan fingerprint density at radius 3 is 3.03 bits per heavy atom. The van der Waals surface area contributed by atoms with Crippen LogP contribution in [-0.2, 0) is 17.8 Å². The number of amides is 1. The number of thioether (sulfide) groups is 1. The first-order chi connectivity index (χ1) is 17.6. The van der Waals surface area contributed by atoms with Crippen molar-refractivity contribution in [3.8, 4) is 11.5 Å². The van der Waals surface area contributed by atoms with E-state index in [4.69, 9.17) is 9.47 Å². The van der Waals surface area contributed by atoms with E-state index in [1.54, 1.807) is 0 Å². The van der Waals surface area contributed by atoms with Gasteiger partial charge < -0.3 is 20.1 Å². The van der Waals surface area contributed by atoms with Crippen molar-refractivity contribution in [3.05, 3.63) is 47.8 Å². The van der Waals surface area contributed by atoms with Crippen molar-refractivity contribution < 1.29 is 18.7 Å². The van der Waals surface area contributed by atoms with E-state index in [-0.39, 0.29) is 11.9 Å². The summed E-state index contributed by atoms with van der Waals surface area (Å²) in [6, 6.07) is 9.58. The summed E-state index contributed by atoms with van der Waals surface area (Å²) in [5.41, 5.74) is 2.82. The number of carbonyl (C=O) groups is 1. The van der Waals surface area contributed by atoms with Crippen molar-refractivity contribution in [2.75, 3.05) is 43.9 Å². The summed E-state index contributed by atoms with van der Waals surface area (Å²) in [5, 5.41) is 7.14. The zero-order valence-electron chi connectivity index (χ0n) is 19.8. The molecule has 1 fully saturated rings. The Kier molecular flexibility index (Phi) is 6.64. The molecule has 2 atom stereocenters. The third-order valence-corrected chi connectivity index (χ3v) is 7.95. The molecule has 10 heteroatoms. The molecule has 2 aromatic heterocycles. The van der Waals surface area contributed by atoms with Crippen LogP contribution in [0.3, 0.4) is 0 Å². The van der Waals surface area contributed by atoms with Gasteiger partial charge in [0.05, 0.1) is 21.9 Å². The quantitative estimate of drug-likeness (QED) is 0.524. The highest BCUT2D eigenvalue weighted by Gasteiger charge is 2.29. The number of anilines is 1. The first-order valence-electron chi connectivity index (χ1n) is 12.3. The monoisotopic (exact) mass is 509 g/mol. The maximum absolute atomic E-state index is 15.1. The molecule has 0 unspecified atom stereocenters. The lowest BCUT2D eigenvalue weighted by Crippen LogP contribution is -2.51. The number of fused-ring (bicyclic) bond motifs is 4. The number of rotatable bonds is 6. The molecule has 3 aromatic rings. The van der Waals surface area contributed by atoms with E-state index in [0.717, 1.165) is 64.5 Å². The van der Waals surface area contributed by atoms with Crippen LogP contribution in [0.1, 0.15) is 17.7 Å². The van der Waals surface area contributed by atoms with Gasteiger partial charge >= 0.3 is 0 Å². The second-order valence-electron chi connectivity index (χ2n) is 9.28. The molecule has 0 radical (unpaired) electrons. The topological polar surface area (TPSA) is 88.6 Å². The molecule has 5 heterocycles. The molecule has 6 rings (SSSR count). The Bertz CT molecular complexity index is 1290. The SMILES string of the molecule is O=C1CSc2ccc(CN[C@H]3CCN(CCc4ccnc5ccc6c(c45)OCCO6)C[C@H]3F)nc2N1. The molecule has 1 saturated heterocycles. The Balaban J connectivity index is 1.05. The second-order valence-corrected chi connectivity index (χ2v) is 10.3. The fourth-order valence-corrected chi connectivity index (χ4v) is 5.80. The van der Waals surface area contributed by atoms with Gasteiger partial charge in [-0.05, 0) is 55.3 Å². The van der Waals surface area contributed by atoms with Crippen LogP contribution >= 0.6 is 11.8 Å². The Labute approximate surface area is 213 Å². The molecule has 3 aliphatic heterocycles. The van der Waals surface area contributed by atoms with Crippen LogP contribution < -0.4 is 20.1 Å². The molecular formula is C26H28FN5O3S. The maximum atomic E-state index is 15.1. The number of carbonyl (C=O) groups excluding carboxylic acids is 1. The summed E-state index contributed by atoms with van der Waals surface area (Å²) in [6.07, 6.45) is 2.36. The highest BCUT2D eigenvalue weighted by Crippen LogP contribution is 2.39. The summed E-state index contributed by atoms with van der Waals surface area (Å²) >= 11 is 1.49. The van der Waals surface area contributed by atoms with Crippen LogP contribution in [0.25, 0.3) is 10.9 Å². The Morgan fingerprint density at radius 2 is 2.11 bits per heavy atom. The second kappa shape index (κ2) is 10.2. The number of likely N-dealkylation sites (tertiary alicyclic amines) is 1. The van der Waals surface area contributed by atoms with Crippen molar-refractivity contribution in [1.29, 1.82) is 0 Å². The molecule has 1 aromatic carbocycles. The fraction of sp³-hybridized carbons (Fsp3) is 0.423. The van der Waals surface area contributed by atoms with Crippen LogP contribution in [0.15, 0.2) is 41.4 Å². The molecular weight excluding hydrogens is 481 g/mol. The maximum Gasteiger partial charge on any atom is 0.235 e. The molecule has 0 saturated carbocycles. The lowest BCUT2D eigenvalue weighted by atomic mass is 10.0. The number of halogens is 1. The van der Waals surface area contributed by atoms with Gasteiger partial charge in [-0.2, -0.15) is 0 Å². The highest BCUT2D eigenvalue weighted by atomic mass is 32.2. The van der Waals surface area contributed by atoms with Gasteiger partial charge in [0.15, 0.2) is 11.5 Å². The Morgan fingerprint density at radius 1 is 1.19 bits per heavy atom. The van der Waals surface area contributed by atoms with E-state index in [0.29, 0.717) is 37.9 Å². The van der Waals surface area contributed by atoms with E-state index in [1.165, 1.54) is 11.8 Å². The first kappa shape index (κ1) is 23.4. The summed E-state index contributed by atoms with van der Waals surface area (Å²) in [6.45, 7) is 3.52. The number of hydrogen-bond donors (Lipinski definition) is 2. The minimum absolute atomic E-state index is 0.0400. The van der Waals surface area contributed by atoms with E-state index < -0.39 is 6.17 Å². The van der Waals surface area contributed by atoms with Gasteiger partial charge in [-0.15, -0.1) is 11.8 Å². The number of pyridine rings is 2. The molecule has 36 heavy (non-hydrogen) atoms. The molecule has 0 aliphatic carbocycles. The lowest BCUT2D eigenvalue weighted by Gasteiger charge is -2.35. The van der Waals surface area contributed by atoms with Crippen LogP contribution in [0.4, 0.5) is 10.2 Å². The average molecular weight is 510 g/mol. The normalized spacial score (nSPS) is 21.8. The van der Waals surface area contributed by atoms with Crippen LogP contribution in [0, 0.1) is 0 Å². The molecule has 0 spiro atoms. The van der Waals surface area contributed by atoms with Gasteiger partial charge in [0.2, 0.25) is 5.91 Å². The zero-order chi connectivity index (χ0) is 24.5. The molecule has 0 bridgehead atoms. The fourth-order valence-electron chi connectivity index (χ4n) is 5.04. The van der Waals surface area contributed by atoms with Crippen molar-refractivity contribution in [2.45, 2.75) is 36.5 Å². The number of piperidine rings is 1. The van der Waals surface area contributed by atoms with E-state index in [2.05, 4.69) is 25.5 Å². The summed E-state index contributed by atoms with van der Waals surface area (Å²) in [7, 11) is 0. The lowest BCUT2D eigenvalue weighted by molar-refractivity contribution is -0.113. The predicted octanol–water partition coefficient (Wildman–Crippen LogP) is 3.19. The molecule has 188 valence electrons. The number of hydrogen-bond acceptors (Lipinski definition) is 8. The third kappa shape index (κ3) is 4.85. The largest absolute Gasteiger partial charge is 0.486 e. The van der Waals surface area contributed by atoms with Crippen molar-refractivity contribution in [3.63, 3.8) is 0 Å².